The summed E-state index contributed by atoms with van der Waals surface area (Å²) in [6, 6.07) is 5.76. The van der Waals surface area contributed by atoms with Gasteiger partial charge in [-0.25, -0.2) is 0 Å². The fourth-order valence-corrected chi connectivity index (χ4v) is 5.43. The molecule has 106 valence electrons. The van der Waals surface area contributed by atoms with E-state index in [1.54, 1.807) is 0 Å². The zero-order valence-electron chi connectivity index (χ0n) is 9.29. The van der Waals surface area contributed by atoms with Crippen molar-refractivity contribution in [3.8, 4) is 11.5 Å². The van der Waals surface area contributed by atoms with Crippen LogP contribution in [0.2, 0.25) is 0 Å². The van der Waals surface area contributed by atoms with Crippen LogP contribution in [0.1, 0.15) is 0 Å². The number of halogens is 7. The Morgan fingerprint density at radius 2 is 1.20 bits per heavy atom. The molecule has 2 aromatic carbocycles. The number of rotatable bonds is 2. The van der Waals surface area contributed by atoms with E-state index < -0.39 is 0 Å². The van der Waals surface area contributed by atoms with E-state index in [4.69, 9.17) is 4.74 Å². The molecule has 0 fully saturated rings. The highest BCUT2D eigenvalue weighted by molar-refractivity contribution is 9.14. The van der Waals surface area contributed by atoms with Crippen molar-refractivity contribution in [1.82, 2.24) is 0 Å². The van der Waals surface area contributed by atoms with Gasteiger partial charge in [0.05, 0.1) is 13.4 Å². The Morgan fingerprint density at radius 3 is 1.85 bits per heavy atom. The summed E-state index contributed by atoms with van der Waals surface area (Å²) in [6.07, 6.45) is 0. The van der Waals surface area contributed by atoms with E-state index in [9.17, 15) is 0 Å². The second-order valence-corrected chi connectivity index (χ2v) is 9.46. The Labute approximate surface area is 175 Å². The van der Waals surface area contributed by atoms with Crippen LogP contribution >= 0.6 is 112 Å². The summed E-state index contributed by atoms with van der Waals surface area (Å²) in [5, 5.41) is 0. The highest BCUT2D eigenvalue weighted by Crippen LogP contribution is 2.47. The van der Waals surface area contributed by atoms with Crippen LogP contribution in [0.4, 0.5) is 0 Å². The molecule has 0 aliphatic rings. The fraction of sp³-hybridized carbons (Fsp3) is 0. The maximum absolute atomic E-state index is 6.02. The van der Waals surface area contributed by atoms with Crippen molar-refractivity contribution >= 4 is 112 Å². The van der Waals surface area contributed by atoms with Crippen LogP contribution in [-0.4, -0.2) is 0 Å². The third-order valence-electron chi connectivity index (χ3n) is 2.24. The van der Waals surface area contributed by atoms with Gasteiger partial charge in [0.1, 0.15) is 5.75 Å². The Morgan fingerprint density at radius 1 is 0.600 bits per heavy atom. The largest absolute Gasteiger partial charge is 0.454 e. The quantitative estimate of drug-likeness (QED) is 0.223. The minimum Gasteiger partial charge on any atom is -0.454 e. The molecule has 0 spiro atoms. The maximum atomic E-state index is 6.02. The van der Waals surface area contributed by atoms with E-state index in [1.807, 2.05) is 18.2 Å². The van der Waals surface area contributed by atoms with E-state index in [1.165, 1.54) is 0 Å². The number of hydrogen-bond acceptors (Lipinski definition) is 1. The molecular formula is C12H3Br7O. The van der Waals surface area contributed by atoms with Gasteiger partial charge in [0, 0.05) is 17.9 Å². The maximum Gasteiger partial charge on any atom is 0.157 e. The van der Waals surface area contributed by atoms with E-state index in [-0.39, 0.29) is 0 Å². The summed E-state index contributed by atoms with van der Waals surface area (Å²) in [4.78, 5) is 0. The normalized spacial score (nSPS) is 10.8. The van der Waals surface area contributed by atoms with E-state index >= 15 is 0 Å². The number of ether oxygens (including phenoxy) is 1. The molecule has 0 atom stereocenters. The van der Waals surface area contributed by atoms with Gasteiger partial charge < -0.3 is 4.74 Å². The molecule has 0 amide bonds. The minimum absolute atomic E-state index is 0.686. The number of benzene rings is 2. The monoisotopic (exact) mass is 715 g/mol. The second kappa shape index (κ2) is 7.45. The predicted octanol–water partition coefficient (Wildman–Crippen LogP) is 8.82. The molecule has 20 heavy (non-hydrogen) atoms. The molecule has 2 aromatic rings. The molecule has 0 radical (unpaired) electrons. The van der Waals surface area contributed by atoms with Crippen molar-refractivity contribution in [2.45, 2.75) is 0 Å². The van der Waals surface area contributed by atoms with Crippen molar-refractivity contribution in [1.29, 1.82) is 0 Å². The van der Waals surface area contributed by atoms with Crippen LogP contribution in [0, 0.1) is 0 Å². The highest BCUT2D eigenvalue weighted by Gasteiger charge is 2.17. The van der Waals surface area contributed by atoms with E-state index in [2.05, 4.69) is 112 Å². The molecule has 0 aliphatic carbocycles. The molecule has 8 heteroatoms. The van der Waals surface area contributed by atoms with Crippen molar-refractivity contribution in [2.24, 2.45) is 0 Å². The highest BCUT2D eigenvalue weighted by atomic mass is 79.9. The summed E-state index contributed by atoms with van der Waals surface area (Å²) in [7, 11) is 0. The smallest absolute Gasteiger partial charge is 0.157 e. The minimum atomic E-state index is 0.686. The topological polar surface area (TPSA) is 9.23 Å². The van der Waals surface area contributed by atoms with Gasteiger partial charge >= 0.3 is 0 Å². The van der Waals surface area contributed by atoms with Gasteiger partial charge in [-0.3, -0.25) is 0 Å². The molecule has 0 saturated heterocycles. The van der Waals surface area contributed by atoms with Crippen LogP contribution in [0.3, 0.4) is 0 Å². The first-order valence-electron chi connectivity index (χ1n) is 4.96. The molecule has 0 saturated carbocycles. The van der Waals surface area contributed by atoms with Crippen LogP contribution in [0.25, 0.3) is 0 Å². The SMILES string of the molecule is Brc1cc(Br)c(Br)c(Oc2c(Br)cc(Br)c(Br)c2Br)c1. The Kier molecular flexibility index (Phi) is 6.68. The Balaban J connectivity index is 2.54. The van der Waals surface area contributed by atoms with Gasteiger partial charge in [-0.05, 0) is 114 Å². The average Bonchev–Trinajstić information content (AvgIpc) is 2.37. The molecule has 0 N–H and O–H groups in total. The first kappa shape index (κ1) is 17.9. The summed E-state index contributed by atoms with van der Waals surface area (Å²) < 4.78 is 12.2. The van der Waals surface area contributed by atoms with Gasteiger partial charge in [-0.1, -0.05) is 15.9 Å². The molecular weight excluding hydrogens is 719 g/mol. The molecule has 0 aromatic heterocycles. The van der Waals surface area contributed by atoms with Gasteiger partial charge in [-0.2, -0.15) is 0 Å². The third-order valence-corrected chi connectivity index (χ3v) is 8.54. The van der Waals surface area contributed by atoms with E-state index in [0.717, 1.165) is 31.3 Å². The van der Waals surface area contributed by atoms with Gasteiger partial charge in [-0.15, -0.1) is 0 Å². The fourth-order valence-electron chi connectivity index (χ4n) is 1.36. The summed E-state index contributed by atoms with van der Waals surface area (Å²) in [5.74, 6) is 1.38. The van der Waals surface area contributed by atoms with E-state index in [0.29, 0.717) is 11.5 Å². The summed E-state index contributed by atoms with van der Waals surface area (Å²) in [5.41, 5.74) is 0. The first-order valence-corrected chi connectivity index (χ1v) is 10.5. The van der Waals surface area contributed by atoms with Crippen molar-refractivity contribution in [2.75, 3.05) is 0 Å². The molecule has 0 aliphatic heterocycles. The lowest BCUT2D eigenvalue weighted by Crippen LogP contribution is -1.91. The van der Waals surface area contributed by atoms with Crippen molar-refractivity contribution < 1.29 is 4.74 Å². The zero-order valence-corrected chi connectivity index (χ0v) is 20.4. The van der Waals surface area contributed by atoms with Crippen molar-refractivity contribution in [3.63, 3.8) is 0 Å². The standard InChI is InChI=1S/C12H3Br7O/c13-4-1-5(14)9(17)8(2-4)20-12-7(16)3-6(15)10(18)11(12)19/h1-3H. The molecule has 0 bridgehead atoms. The Hall–Kier alpha value is 1.60. The third kappa shape index (κ3) is 3.92. The molecule has 2 rings (SSSR count). The second-order valence-electron chi connectivity index (χ2n) is 3.60. The van der Waals surface area contributed by atoms with Crippen molar-refractivity contribution in [3.05, 3.63) is 49.5 Å². The lowest BCUT2D eigenvalue weighted by molar-refractivity contribution is 0.472. The Bertz CT molecular complexity index is 684. The number of hydrogen-bond donors (Lipinski definition) is 0. The van der Waals surface area contributed by atoms with Crippen LogP contribution in [-0.2, 0) is 0 Å². The molecule has 0 heterocycles. The molecule has 0 unspecified atom stereocenters. The van der Waals surface area contributed by atoms with Gasteiger partial charge in [0.15, 0.2) is 5.75 Å². The first-order chi connectivity index (χ1) is 9.31. The summed E-state index contributed by atoms with van der Waals surface area (Å²) in [6.45, 7) is 0. The van der Waals surface area contributed by atoms with Crippen LogP contribution in [0.5, 0.6) is 11.5 Å². The summed E-state index contributed by atoms with van der Waals surface area (Å²) >= 11 is 24.4. The predicted molar refractivity (Wildman–Crippen MR) is 107 cm³/mol. The molecule has 1 nitrogen and oxygen atoms in total. The van der Waals surface area contributed by atoms with Crippen LogP contribution in [0.15, 0.2) is 49.5 Å². The zero-order chi connectivity index (χ0) is 15.0. The van der Waals surface area contributed by atoms with Gasteiger partial charge in [0.2, 0.25) is 0 Å². The lowest BCUT2D eigenvalue weighted by atomic mass is 10.3. The van der Waals surface area contributed by atoms with Gasteiger partial charge in [0.25, 0.3) is 0 Å². The lowest BCUT2D eigenvalue weighted by Gasteiger charge is -2.14. The van der Waals surface area contributed by atoms with Crippen LogP contribution < -0.4 is 4.74 Å². The average molecular weight is 722 g/mol.